The van der Waals surface area contributed by atoms with Crippen LogP contribution < -0.4 is 14.8 Å². The number of rotatable bonds is 5. The largest absolute Gasteiger partial charge is 0.486 e. The van der Waals surface area contributed by atoms with Gasteiger partial charge in [-0.3, -0.25) is 9.59 Å². The van der Waals surface area contributed by atoms with E-state index in [0.29, 0.717) is 37.3 Å². The lowest BCUT2D eigenvalue weighted by Crippen LogP contribution is -2.34. The maximum absolute atomic E-state index is 13.7. The zero-order valence-electron chi connectivity index (χ0n) is 16.3. The number of hydrogen-bond donors (Lipinski definition) is 1. The minimum atomic E-state index is -0.933. The number of halogens is 2. The molecule has 1 saturated heterocycles. The molecule has 1 fully saturated rings. The molecule has 0 aliphatic carbocycles. The van der Waals surface area contributed by atoms with Gasteiger partial charge in [-0.15, -0.1) is 0 Å². The van der Waals surface area contributed by atoms with E-state index in [9.17, 15) is 18.4 Å². The molecule has 30 heavy (non-hydrogen) atoms. The lowest BCUT2D eigenvalue weighted by molar-refractivity contribution is -0.132. The van der Waals surface area contributed by atoms with Crippen LogP contribution >= 0.6 is 0 Å². The molecule has 6 nitrogen and oxygen atoms in total. The molecule has 2 aromatic carbocycles. The fraction of sp³-hybridized carbons (Fsp3) is 0.364. The number of fused-ring (bicyclic) bond motifs is 1. The first-order chi connectivity index (χ1) is 14.5. The van der Waals surface area contributed by atoms with Crippen LogP contribution in [-0.4, -0.2) is 43.0 Å². The Kier molecular flexibility index (Phi) is 5.83. The van der Waals surface area contributed by atoms with Crippen molar-refractivity contribution in [1.29, 1.82) is 0 Å². The van der Waals surface area contributed by atoms with Gasteiger partial charge in [-0.1, -0.05) is 6.07 Å². The summed E-state index contributed by atoms with van der Waals surface area (Å²) in [6, 6.07) is 8.43. The van der Waals surface area contributed by atoms with Crippen molar-refractivity contribution >= 4 is 11.8 Å². The zero-order chi connectivity index (χ0) is 21.1. The van der Waals surface area contributed by atoms with Gasteiger partial charge >= 0.3 is 0 Å². The lowest BCUT2D eigenvalue weighted by Gasteiger charge is -2.27. The van der Waals surface area contributed by atoms with Crippen LogP contribution in [-0.2, 0) is 4.79 Å². The van der Waals surface area contributed by atoms with Crippen LogP contribution in [0.15, 0.2) is 36.4 Å². The molecule has 2 amide bonds. The lowest BCUT2D eigenvalue weighted by atomic mass is 10.0. The van der Waals surface area contributed by atoms with Crippen LogP contribution in [0.25, 0.3) is 0 Å². The van der Waals surface area contributed by atoms with Gasteiger partial charge in [-0.05, 0) is 42.7 Å². The van der Waals surface area contributed by atoms with Crippen molar-refractivity contribution in [2.24, 2.45) is 0 Å². The number of amides is 2. The summed E-state index contributed by atoms with van der Waals surface area (Å²) in [5.74, 6) is -1.06. The Bertz CT molecular complexity index is 966. The molecule has 2 aliphatic heterocycles. The van der Waals surface area contributed by atoms with E-state index in [1.165, 1.54) is 0 Å². The Hall–Kier alpha value is -3.16. The summed E-state index contributed by atoms with van der Waals surface area (Å²) in [5.41, 5.74) is 0.738. The third-order valence-electron chi connectivity index (χ3n) is 5.32. The van der Waals surface area contributed by atoms with Gasteiger partial charge in [0.25, 0.3) is 5.91 Å². The summed E-state index contributed by atoms with van der Waals surface area (Å²) in [4.78, 5) is 26.6. The maximum atomic E-state index is 13.7. The van der Waals surface area contributed by atoms with E-state index in [1.54, 1.807) is 4.90 Å². The SMILES string of the molecule is O=C(NCCC(=O)N1CCCC1c1ccc2c(c1)OCCO2)c1ccc(F)cc1F. The molecule has 2 heterocycles. The number of nitrogens with zero attached hydrogens (tertiary/aromatic N) is 1. The zero-order valence-corrected chi connectivity index (χ0v) is 16.3. The van der Waals surface area contributed by atoms with Gasteiger partial charge in [0.1, 0.15) is 24.8 Å². The van der Waals surface area contributed by atoms with Gasteiger partial charge in [0, 0.05) is 25.6 Å². The molecule has 1 unspecified atom stereocenters. The highest BCUT2D eigenvalue weighted by Gasteiger charge is 2.30. The smallest absolute Gasteiger partial charge is 0.254 e. The minimum Gasteiger partial charge on any atom is -0.486 e. The molecule has 1 atom stereocenters. The van der Waals surface area contributed by atoms with E-state index < -0.39 is 17.5 Å². The summed E-state index contributed by atoms with van der Waals surface area (Å²) in [6.07, 6.45) is 1.83. The van der Waals surface area contributed by atoms with Gasteiger partial charge in [0.05, 0.1) is 11.6 Å². The first-order valence-corrected chi connectivity index (χ1v) is 9.95. The number of hydrogen-bond acceptors (Lipinski definition) is 4. The van der Waals surface area contributed by atoms with E-state index in [-0.39, 0.29) is 30.5 Å². The molecular weight excluding hydrogens is 394 g/mol. The number of benzene rings is 2. The molecule has 0 aromatic heterocycles. The highest BCUT2D eigenvalue weighted by atomic mass is 19.1. The summed E-state index contributed by atoms with van der Waals surface area (Å²) in [6.45, 7) is 1.73. The summed E-state index contributed by atoms with van der Waals surface area (Å²) in [5, 5.41) is 2.52. The minimum absolute atomic E-state index is 0.0569. The van der Waals surface area contributed by atoms with Gasteiger partial charge in [-0.25, -0.2) is 8.78 Å². The highest BCUT2D eigenvalue weighted by molar-refractivity contribution is 5.94. The van der Waals surface area contributed by atoms with Crippen LogP contribution in [0.5, 0.6) is 11.5 Å². The Morgan fingerprint density at radius 2 is 1.87 bits per heavy atom. The van der Waals surface area contributed by atoms with Crippen molar-refractivity contribution in [2.75, 3.05) is 26.3 Å². The molecule has 8 heteroatoms. The Labute approximate surface area is 172 Å². The third kappa shape index (κ3) is 4.22. The predicted molar refractivity (Wildman–Crippen MR) is 104 cm³/mol. The van der Waals surface area contributed by atoms with Gasteiger partial charge in [0.2, 0.25) is 5.91 Å². The number of carbonyl (C=O) groups is 2. The maximum Gasteiger partial charge on any atom is 0.254 e. The topological polar surface area (TPSA) is 67.9 Å². The number of likely N-dealkylation sites (tertiary alicyclic amines) is 1. The average Bonchev–Trinajstić information content (AvgIpc) is 3.23. The van der Waals surface area contributed by atoms with Crippen molar-refractivity contribution in [1.82, 2.24) is 10.2 Å². The molecule has 158 valence electrons. The van der Waals surface area contributed by atoms with Crippen LogP contribution in [0.3, 0.4) is 0 Å². The van der Waals surface area contributed by atoms with Crippen LogP contribution in [0, 0.1) is 11.6 Å². The quantitative estimate of drug-likeness (QED) is 0.813. The van der Waals surface area contributed by atoms with E-state index in [4.69, 9.17) is 9.47 Å². The Morgan fingerprint density at radius 1 is 1.07 bits per heavy atom. The van der Waals surface area contributed by atoms with Crippen LogP contribution in [0.2, 0.25) is 0 Å². The van der Waals surface area contributed by atoms with Gasteiger partial charge in [0.15, 0.2) is 11.5 Å². The molecule has 2 aliphatic rings. The highest BCUT2D eigenvalue weighted by Crippen LogP contribution is 2.38. The van der Waals surface area contributed by atoms with Crippen molar-refractivity contribution in [2.45, 2.75) is 25.3 Å². The van der Waals surface area contributed by atoms with Crippen molar-refractivity contribution in [3.63, 3.8) is 0 Å². The fourth-order valence-electron chi connectivity index (χ4n) is 3.87. The van der Waals surface area contributed by atoms with E-state index in [0.717, 1.165) is 30.5 Å². The fourth-order valence-corrected chi connectivity index (χ4v) is 3.87. The molecule has 0 radical (unpaired) electrons. The summed E-state index contributed by atoms with van der Waals surface area (Å²) in [7, 11) is 0. The van der Waals surface area contributed by atoms with Crippen molar-refractivity contribution < 1.29 is 27.8 Å². The van der Waals surface area contributed by atoms with Crippen LogP contribution in [0.1, 0.15) is 41.2 Å². The summed E-state index contributed by atoms with van der Waals surface area (Å²) >= 11 is 0. The van der Waals surface area contributed by atoms with Gasteiger partial charge < -0.3 is 19.7 Å². The predicted octanol–water partition coefficient (Wildman–Crippen LogP) is 3.22. The standard InChI is InChI=1S/C22H22F2N2O4/c23-15-4-5-16(17(24)13-15)22(28)25-8-7-21(27)26-9-1-2-18(26)14-3-6-19-20(12-14)30-11-10-29-19/h3-6,12-13,18H,1-2,7-11H2,(H,25,28). The molecule has 0 saturated carbocycles. The van der Waals surface area contributed by atoms with Gasteiger partial charge in [-0.2, -0.15) is 0 Å². The third-order valence-corrected chi connectivity index (χ3v) is 5.32. The Morgan fingerprint density at radius 3 is 2.67 bits per heavy atom. The number of ether oxygens (including phenoxy) is 2. The summed E-state index contributed by atoms with van der Waals surface area (Å²) < 4.78 is 37.9. The molecule has 2 aromatic rings. The number of carbonyl (C=O) groups excluding carboxylic acids is 2. The van der Waals surface area contributed by atoms with Crippen LogP contribution in [0.4, 0.5) is 8.78 Å². The van der Waals surface area contributed by atoms with E-state index in [2.05, 4.69) is 5.32 Å². The first-order valence-electron chi connectivity index (χ1n) is 9.95. The monoisotopic (exact) mass is 416 g/mol. The molecule has 0 bridgehead atoms. The average molecular weight is 416 g/mol. The molecule has 0 spiro atoms. The van der Waals surface area contributed by atoms with E-state index in [1.807, 2.05) is 18.2 Å². The normalized spacial score (nSPS) is 17.7. The molecule has 1 N–H and O–H groups in total. The first kappa shape index (κ1) is 20.1. The second-order valence-electron chi connectivity index (χ2n) is 7.28. The second-order valence-corrected chi connectivity index (χ2v) is 7.28. The molecule has 4 rings (SSSR count). The van der Waals surface area contributed by atoms with E-state index >= 15 is 0 Å². The second kappa shape index (κ2) is 8.69. The van der Waals surface area contributed by atoms with Crippen molar-refractivity contribution in [3.8, 4) is 11.5 Å². The number of nitrogens with one attached hydrogen (secondary N) is 1. The van der Waals surface area contributed by atoms with Crippen molar-refractivity contribution in [3.05, 3.63) is 59.2 Å². The molecular formula is C22H22F2N2O4. The Balaban J connectivity index is 1.35.